The highest BCUT2D eigenvalue weighted by Crippen LogP contribution is 2.24. The van der Waals surface area contributed by atoms with Crippen molar-refractivity contribution in [1.29, 1.82) is 0 Å². The van der Waals surface area contributed by atoms with Crippen LogP contribution in [0.1, 0.15) is 24.5 Å². The predicted octanol–water partition coefficient (Wildman–Crippen LogP) is 2.16. The lowest BCUT2D eigenvalue weighted by Gasteiger charge is -2.32. The summed E-state index contributed by atoms with van der Waals surface area (Å²) in [6.45, 7) is 9.50. The molecule has 3 heteroatoms. The van der Waals surface area contributed by atoms with Crippen molar-refractivity contribution in [3.8, 4) is 0 Å². The Kier molecular flexibility index (Phi) is 4.48. The molecule has 0 spiro atoms. The molecule has 0 amide bonds. The predicted molar refractivity (Wildman–Crippen MR) is 82.8 cm³/mol. The van der Waals surface area contributed by atoms with Gasteiger partial charge in [0.25, 0.3) is 0 Å². The van der Waals surface area contributed by atoms with E-state index in [1.54, 1.807) is 0 Å². The zero-order chi connectivity index (χ0) is 14.0. The van der Waals surface area contributed by atoms with Crippen molar-refractivity contribution in [3.05, 3.63) is 29.3 Å². The van der Waals surface area contributed by atoms with Crippen LogP contribution in [0.25, 0.3) is 0 Å². The van der Waals surface area contributed by atoms with Gasteiger partial charge >= 0.3 is 0 Å². The van der Waals surface area contributed by atoms with Gasteiger partial charge in [0, 0.05) is 31.4 Å². The van der Waals surface area contributed by atoms with Gasteiger partial charge in [0.05, 0.1) is 6.04 Å². The van der Waals surface area contributed by atoms with Gasteiger partial charge in [-0.05, 0) is 57.5 Å². The summed E-state index contributed by atoms with van der Waals surface area (Å²) < 4.78 is 0. The molecular weight excluding hydrogens is 234 g/mol. The van der Waals surface area contributed by atoms with Gasteiger partial charge in [-0.3, -0.25) is 0 Å². The number of likely N-dealkylation sites (N-methyl/N-ethyl adjacent to an activating group) is 1. The lowest BCUT2D eigenvalue weighted by Crippen LogP contribution is -2.45. The molecule has 1 aliphatic heterocycles. The number of benzene rings is 1. The van der Waals surface area contributed by atoms with E-state index in [-0.39, 0.29) is 0 Å². The SMILES string of the molecule is Cc1ccc(N2CCC(C)N(C)CC2CN)cc1C. The molecule has 2 unspecified atom stereocenters. The van der Waals surface area contributed by atoms with E-state index >= 15 is 0 Å². The number of nitrogens with zero attached hydrogens (tertiary/aromatic N) is 2. The van der Waals surface area contributed by atoms with E-state index < -0.39 is 0 Å². The monoisotopic (exact) mass is 261 g/mol. The van der Waals surface area contributed by atoms with Crippen LogP contribution in [0.4, 0.5) is 5.69 Å². The quantitative estimate of drug-likeness (QED) is 0.885. The van der Waals surface area contributed by atoms with Crippen LogP contribution in [0.2, 0.25) is 0 Å². The fraction of sp³-hybridized carbons (Fsp3) is 0.625. The van der Waals surface area contributed by atoms with Gasteiger partial charge in [-0.15, -0.1) is 0 Å². The third-order valence-corrected chi connectivity index (χ3v) is 4.57. The van der Waals surface area contributed by atoms with Gasteiger partial charge in [0.2, 0.25) is 0 Å². The van der Waals surface area contributed by atoms with Gasteiger partial charge in [-0.25, -0.2) is 0 Å². The Labute approximate surface area is 117 Å². The van der Waals surface area contributed by atoms with Gasteiger partial charge in [-0.1, -0.05) is 6.07 Å². The van der Waals surface area contributed by atoms with Crippen molar-refractivity contribution in [3.63, 3.8) is 0 Å². The summed E-state index contributed by atoms with van der Waals surface area (Å²) in [7, 11) is 2.21. The number of rotatable bonds is 2. The summed E-state index contributed by atoms with van der Waals surface area (Å²) in [5.74, 6) is 0. The molecule has 0 saturated carbocycles. The highest BCUT2D eigenvalue weighted by molar-refractivity contribution is 5.51. The molecule has 1 aromatic rings. The Bertz CT molecular complexity index is 430. The molecule has 19 heavy (non-hydrogen) atoms. The molecule has 0 bridgehead atoms. The second-order valence-corrected chi connectivity index (χ2v) is 5.93. The fourth-order valence-corrected chi connectivity index (χ4v) is 2.79. The van der Waals surface area contributed by atoms with Crippen molar-refractivity contribution >= 4 is 5.69 Å². The van der Waals surface area contributed by atoms with E-state index in [2.05, 4.69) is 55.8 Å². The second kappa shape index (κ2) is 5.93. The van der Waals surface area contributed by atoms with E-state index in [0.717, 1.165) is 13.1 Å². The third kappa shape index (κ3) is 3.10. The molecule has 3 nitrogen and oxygen atoms in total. The molecule has 106 valence electrons. The molecule has 0 aromatic heterocycles. The van der Waals surface area contributed by atoms with Crippen molar-refractivity contribution in [2.24, 2.45) is 5.73 Å². The molecule has 2 N–H and O–H groups in total. The van der Waals surface area contributed by atoms with Crippen LogP contribution in [-0.2, 0) is 0 Å². The Morgan fingerprint density at radius 1 is 1.26 bits per heavy atom. The standard InChI is InChI=1S/C16H27N3/c1-12-5-6-15(9-13(12)2)19-8-7-14(3)18(4)11-16(19)10-17/h5-6,9,14,16H,7-8,10-11,17H2,1-4H3. The second-order valence-electron chi connectivity index (χ2n) is 5.93. The highest BCUT2D eigenvalue weighted by atomic mass is 15.3. The number of aryl methyl sites for hydroxylation is 2. The smallest absolute Gasteiger partial charge is 0.0539 e. The molecule has 1 heterocycles. The summed E-state index contributed by atoms with van der Waals surface area (Å²) in [6.07, 6.45) is 1.19. The molecular formula is C16H27N3. The normalized spacial score (nSPS) is 25.4. The first kappa shape index (κ1) is 14.4. The summed E-state index contributed by atoms with van der Waals surface area (Å²) >= 11 is 0. The fourth-order valence-electron chi connectivity index (χ4n) is 2.79. The van der Waals surface area contributed by atoms with Gasteiger partial charge in [-0.2, -0.15) is 0 Å². The van der Waals surface area contributed by atoms with Crippen LogP contribution in [0.5, 0.6) is 0 Å². The van der Waals surface area contributed by atoms with Crippen molar-refractivity contribution in [2.75, 3.05) is 31.6 Å². The van der Waals surface area contributed by atoms with Crippen molar-refractivity contribution in [1.82, 2.24) is 4.90 Å². The van der Waals surface area contributed by atoms with Gasteiger partial charge < -0.3 is 15.5 Å². The zero-order valence-electron chi connectivity index (χ0n) is 12.7. The molecule has 0 radical (unpaired) electrons. The van der Waals surface area contributed by atoms with E-state index in [4.69, 9.17) is 5.73 Å². The minimum Gasteiger partial charge on any atom is -0.366 e. The largest absolute Gasteiger partial charge is 0.366 e. The highest BCUT2D eigenvalue weighted by Gasteiger charge is 2.25. The first-order valence-electron chi connectivity index (χ1n) is 7.27. The summed E-state index contributed by atoms with van der Waals surface area (Å²) in [4.78, 5) is 4.92. The van der Waals surface area contributed by atoms with E-state index in [0.29, 0.717) is 18.6 Å². The number of hydrogen-bond acceptors (Lipinski definition) is 3. The van der Waals surface area contributed by atoms with Crippen LogP contribution < -0.4 is 10.6 Å². The molecule has 2 rings (SSSR count). The molecule has 0 aliphatic carbocycles. The lowest BCUT2D eigenvalue weighted by atomic mass is 10.1. The van der Waals surface area contributed by atoms with Crippen LogP contribution >= 0.6 is 0 Å². The molecule has 1 aliphatic rings. The third-order valence-electron chi connectivity index (χ3n) is 4.57. The zero-order valence-corrected chi connectivity index (χ0v) is 12.7. The van der Waals surface area contributed by atoms with Gasteiger partial charge in [0.1, 0.15) is 0 Å². The summed E-state index contributed by atoms with van der Waals surface area (Å²) in [5, 5.41) is 0. The van der Waals surface area contributed by atoms with Crippen LogP contribution in [-0.4, -0.2) is 43.7 Å². The maximum Gasteiger partial charge on any atom is 0.0539 e. The Morgan fingerprint density at radius 2 is 2.00 bits per heavy atom. The molecule has 1 aromatic carbocycles. The Balaban J connectivity index is 2.27. The van der Waals surface area contributed by atoms with Crippen molar-refractivity contribution in [2.45, 2.75) is 39.3 Å². The first-order chi connectivity index (χ1) is 9.02. The Morgan fingerprint density at radius 3 is 2.63 bits per heavy atom. The minimum absolute atomic E-state index is 0.414. The van der Waals surface area contributed by atoms with E-state index in [1.165, 1.54) is 23.2 Å². The minimum atomic E-state index is 0.414. The number of nitrogens with two attached hydrogens (primary N) is 1. The number of hydrogen-bond donors (Lipinski definition) is 1. The molecule has 2 atom stereocenters. The average molecular weight is 261 g/mol. The molecule has 1 saturated heterocycles. The maximum absolute atomic E-state index is 6.01. The van der Waals surface area contributed by atoms with E-state index in [9.17, 15) is 0 Å². The summed E-state index contributed by atoms with van der Waals surface area (Å²) in [6, 6.07) is 7.80. The van der Waals surface area contributed by atoms with Crippen LogP contribution in [0.15, 0.2) is 18.2 Å². The number of anilines is 1. The maximum atomic E-state index is 6.01. The summed E-state index contributed by atoms with van der Waals surface area (Å²) in [5.41, 5.74) is 10.0. The first-order valence-corrected chi connectivity index (χ1v) is 7.27. The van der Waals surface area contributed by atoms with Gasteiger partial charge in [0.15, 0.2) is 0 Å². The van der Waals surface area contributed by atoms with Crippen LogP contribution in [0, 0.1) is 13.8 Å². The molecule has 1 fully saturated rings. The average Bonchev–Trinajstić information content (AvgIpc) is 2.53. The lowest BCUT2D eigenvalue weighted by molar-refractivity contribution is 0.256. The van der Waals surface area contributed by atoms with E-state index in [1.807, 2.05) is 0 Å². The topological polar surface area (TPSA) is 32.5 Å². The Hall–Kier alpha value is -1.06. The van der Waals surface area contributed by atoms with Crippen LogP contribution in [0.3, 0.4) is 0 Å². The van der Waals surface area contributed by atoms with Crippen molar-refractivity contribution < 1.29 is 0 Å².